The summed E-state index contributed by atoms with van der Waals surface area (Å²) in [6.07, 6.45) is 4.42. The molecule has 1 atom stereocenters. The standard InChI is InChI=1S/C23H23NO4/c1-3-17-8-10-19(11-9-17)22(26)15-28-23(27)14-21-20-7-5-4-6-18(20)12-13-24(21)16(2)25/h4-13,21H,3,14-15H2,1-2H3/t21-/m1/s1. The van der Waals surface area contributed by atoms with E-state index >= 15 is 0 Å². The number of ketones is 1. The van der Waals surface area contributed by atoms with Crippen molar-refractivity contribution >= 4 is 23.7 Å². The minimum Gasteiger partial charge on any atom is -0.457 e. The summed E-state index contributed by atoms with van der Waals surface area (Å²) < 4.78 is 5.21. The smallest absolute Gasteiger partial charge is 0.308 e. The van der Waals surface area contributed by atoms with Crippen LogP contribution >= 0.6 is 0 Å². The minimum absolute atomic E-state index is 0.0109. The highest BCUT2D eigenvalue weighted by Crippen LogP contribution is 2.33. The van der Waals surface area contributed by atoms with E-state index < -0.39 is 12.0 Å². The number of carbonyl (C=O) groups excluding carboxylic acids is 3. The molecule has 144 valence electrons. The van der Waals surface area contributed by atoms with Crippen LogP contribution in [-0.4, -0.2) is 29.2 Å². The third kappa shape index (κ3) is 4.36. The van der Waals surface area contributed by atoms with Gasteiger partial charge in [0.1, 0.15) is 0 Å². The van der Waals surface area contributed by atoms with E-state index in [0.29, 0.717) is 5.56 Å². The number of amides is 1. The van der Waals surface area contributed by atoms with Crippen LogP contribution < -0.4 is 0 Å². The van der Waals surface area contributed by atoms with Gasteiger partial charge < -0.3 is 9.64 Å². The van der Waals surface area contributed by atoms with E-state index in [1.165, 1.54) is 11.8 Å². The van der Waals surface area contributed by atoms with Gasteiger partial charge in [0.05, 0.1) is 12.5 Å². The number of rotatable bonds is 6. The lowest BCUT2D eigenvalue weighted by Gasteiger charge is -2.32. The first kappa shape index (κ1) is 19.5. The number of hydrogen-bond acceptors (Lipinski definition) is 4. The van der Waals surface area contributed by atoms with Crippen molar-refractivity contribution in [3.63, 3.8) is 0 Å². The Bertz CT molecular complexity index is 914. The second kappa shape index (κ2) is 8.65. The molecule has 2 aromatic rings. The number of nitrogens with zero attached hydrogens (tertiary/aromatic N) is 1. The molecule has 0 unspecified atom stereocenters. The summed E-state index contributed by atoms with van der Waals surface area (Å²) in [7, 11) is 0. The third-order valence-corrected chi connectivity index (χ3v) is 4.88. The van der Waals surface area contributed by atoms with Gasteiger partial charge >= 0.3 is 5.97 Å². The van der Waals surface area contributed by atoms with Crippen LogP contribution in [0.25, 0.3) is 6.08 Å². The van der Waals surface area contributed by atoms with Crippen molar-refractivity contribution in [1.29, 1.82) is 0 Å². The van der Waals surface area contributed by atoms with Crippen LogP contribution in [0.3, 0.4) is 0 Å². The Morgan fingerprint density at radius 3 is 2.43 bits per heavy atom. The number of benzene rings is 2. The van der Waals surface area contributed by atoms with E-state index in [9.17, 15) is 14.4 Å². The molecule has 0 fully saturated rings. The summed E-state index contributed by atoms with van der Waals surface area (Å²) in [6, 6.07) is 14.4. The zero-order chi connectivity index (χ0) is 20.1. The summed E-state index contributed by atoms with van der Waals surface area (Å²) in [4.78, 5) is 38.1. The van der Waals surface area contributed by atoms with E-state index in [1.54, 1.807) is 18.3 Å². The molecule has 3 rings (SSSR count). The highest BCUT2D eigenvalue weighted by molar-refractivity contribution is 5.98. The van der Waals surface area contributed by atoms with Crippen LogP contribution in [-0.2, 0) is 20.7 Å². The summed E-state index contributed by atoms with van der Waals surface area (Å²) >= 11 is 0. The van der Waals surface area contributed by atoms with E-state index in [0.717, 1.165) is 23.1 Å². The fourth-order valence-corrected chi connectivity index (χ4v) is 3.29. The second-order valence-electron chi connectivity index (χ2n) is 6.73. The number of Topliss-reactive ketones (excluding diaryl/α,β-unsaturated/α-hetero) is 1. The molecule has 5 nitrogen and oxygen atoms in total. The van der Waals surface area contributed by atoms with E-state index in [4.69, 9.17) is 4.74 Å². The van der Waals surface area contributed by atoms with Crippen molar-refractivity contribution in [3.8, 4) is 0 Å². The maximum Gasteiger partial charge on any atom is 0.308 e. The van der Waals surface area contributed by atoms with Crippen molar-refractivity contribution in [2.45, 2.75) is 32.7 Å². The van der Waals surface area contributed by atoms with E-state index in [-0.39, 0.29) is 24.7 Å². The second-order valence-corrected chi connectivity index (χ2v) is 6.73. The Morgan fingerprint density at radius 2 is 1.75 bits per heavy atom. The van der Waals surface area contributed by atoms with Crippen molar-refractivity contribution in [2.24, 2.45) is 0 Å². The van der Waals surface area contributed by atoms with E-state index in [2.05, 4.69) is 0 Å². The Hall–Kier alpha value is -3.21. The van der Waals surface area contributed by atoms with Gasteiger partial charge in [0, 0.05) is 18.7 Å². The van der Waals surface area contributed by atoms with Gasteiger partial charge in [-0.3, -0.25) is 14.4 Å². The Morgan fingerprint density at radius 1 is 1.04 bits per heavy atom. The van der Waals surface area contributed by atoms with Crippen molar-refractivity contribution in [3.05, 3.63) is 77.0 Å². The van der Waals surface area contributed by atoms with Crippen LogP contribution in [0, 0.1) is 0 Å². The van der Waals surface area contributed by atoms with Crippen LogP contribution in [0.2, 0.25) is 0 Å². The third-order valence-electron chi connectivity index (χ3n) is 4.88. The lowest BCUT2D eigenvalue weighted by atomic mass is 9.94. The Labute approximate surface area is 164 Å². The molecule has 5 heteroatoms. The van der Waals surface area contributed by atoms with Crippen LogP contribution in [0.5, 0.6) is 0 Å². The number of ether oxygens (including phenoxy) is 1. The Kier molecular flexibility index (Phi) is 6.04. The number of fused-ring (bicyclic) bond motifs is 1. The summed E-state index contributed by atoms with van der Waals surface area (Å²) in [5, 5.41) is 0. The highest BCUT2D eigenvalue weighted by Gasteiger charge is 2.29. The van der Waals surface area contributed by atoms with Gasteiger partial charge in [0.25, 0.3) is 0 Å². The number of aryl methyl sites for hydroxylation is 1. The van der Waals surface area contributed by atoms with Gasteiger partial charge in [-0.1, -0.05) is 55.5 Å². The molecule has 1 heterocycles. The minimum atomic E-state index is -0.514. The molecular formula is C23H23NO4. The molecule has 28 heavy (non-hydrogen) atoms. The maximum atomic E-state index is 12.4. The molecule has 1 aliphatic rings. The molecule has 0 saturated carbocycles. The molecule has 0 aromatic heterocycles. The monoisotopic (exact) mass is 377 g/mol. The maximum absolute atomic E-state index is 12.4. The van der Waals surface area contributed by atoms with E-state index in [1.807, 2.05) is 49.4 Å². The molecule has 0 bridgehead atoms. The largest absolute Gasteiger partial charge is 0.457 e. The van der Waals surface area contributed by atoms with Crippen LogP contribution in [0.4, 0.5) is 0 Å². The first-order chi connectivity index (χ1) is 13.5. The molecule has 0 radical (unpaired) electrons. The first-order valence-corrected chi connectivity index (χ1v) is 9.33. The number of esters is 1. The fraction of sp³-hybridized carbons (Fsp3) is 0.261. The summed E-state index contributed by atoms with van der Waals surface area (Å²) in [6.45, 7) is 3.19. The van der Waals surface area contributed by atoms with Gasteiger partial charge in [-0.25, -0.2) is 0 Å². The zero-order valence-electron chi connectivity index (χ0n) is 16.1. The predicted octanol–water partition coefficient (Wildman–Crippen LogP) is 3.94. The lowest BCUT2D eigenvalue weighted by Crippen LogP contribution is -2.32. The SMILES string of the molecule is CCc1ccc(C(=O)COC(=O)C[C@@H]2c3ccccc3C=CN2C(C)=O)cc1. The van der Waals surface area contributed by atoms with Crippen molar-refractivity contribution < 1.29 is 19.1 Å². The quantitative estimate of drug-likeness (QED) is 0.565. The summed E-state index contributed by atoms with van der Waals surface area (Å²) in [5.41, 5.74) is 3.51. The number of hydrogen-bond donors (Lipinski definition) is 0. The van der Waals surface area contributed by atoms with Gasteiger partial charge in [0.15, 0.2) is 12.4 Å². The lowest BCUT2D eigenvalue weighted by molar-refractivity contribution is -0.144. The molecule has 0 aliphatic carbocycles. The van der Waals surface area contributed by atoms with Gasteiger partial charge in [-0.05, 0) is 29.2 Å². The molecule has 1 aliphatic heterocycles. The topological polar surface area (TPSA) is 63.7 Å². The van der Waals surface area contributed by atoms with Crippen molar-refractivity contribution in [1.82, 2.24) is 4.90 Å². The van der Waals surface area contributed by atoms with Crippen LogP contribution in [0.15, 0.2) is 54.7 Å². The fourth-order valence-electron chi connectivity index (χ4n) is 3.29. The number of carbonyl (C=O) groups is 3. The van der Waals surface area contributed by atoms with Gasteiger partial charge in [0.2, 0.25) is 5.91 Å². The normalized spacial score (nSPS) is 15.1. The van der Waals surface area contributed by atoms with Crippen molar-refractivity contribution in [2.75, 3.05) is 6.61 Å². The van der Waals surface area contributed by atoms with Gasteiger partial charge in [-0.15, -0.1) is 0 Å². The van der Waals surface area contributed by atoms with Gasteiger partial charge in [-0.2, -0.15) is 0 Å². The Balaban J connectivity index is 1.65. The average Bonchev–Trinajstić information content (AvgIpc) is 2.72. The molecular weight excluding hydrogens is 354 g/mol. The van der Waals surface area contributed by atoms with Crippen LogP contribution in [0.1, 0.15) is 53.4 Å². The summed E-state index contributed by atoms with van der Waals surface area (Å²) in [5.74, 6) is -0.918. The molecule has 0 spiro atoms. The zero-order valence-corrected chi connectivity index (χ0v) is 16.1. The predicted molar refractivity (Wildman–Crippen MR) is 106 cm³/mol. The average molecular weight is 377 g/mol. The molecule has 0 saturated heterocycles. The molecule has 2 aromatic carbocycles. The molecule has 1 amide bonds. The first-order valence-electron chi connectivity index (χ1n) is 9.33. The highest BCUT2D eigenvalue weighted by atomic mass is 16.5. The molecule has 0 N–H and O–H groups in total.